The summed E-state index contributed by atoms with van der Waals surface area (Å²) in [6.07, 6.45) is 1.83. The number of hydrogen-bond acceptors (Lipinski definition) is 4. The normalized spacial score (nSPS) is 17.0. The molecule has 1 aliphatic rings. The highest BCUT2D eigenvalue weighted by molar-refractivity contribution is 5.94. The molecule has 2 aromatic rings. The molecule has 0 saturated heterocycles. The van der Waals surface area contributed by atoms with Crippen LogP contribution in [-0.4, -0.2) is 56.7 Å². The van der Waals surface area contributed by atoms with Crippen molar-refractivity contribution in [1.29, 1.82) is 0 Å². The molecule has 1 atom stereocenters. The molecular formula is C19H27N5O. The zero-order valence-corrected chi connectivity index (χ0v) is 15.6. The van der Waals surface area contributed by atoms with Gasteiger partial charge >= 0.3 is 0 Å². The highest BCUT2D eigenvalue weighted by Crippen LogP contribution is 2.23. The minimum Gasteiger partial charge on any atom is -0.331 e. The Hall–Kier alpha value is -2.21. The van der Waals surface area contributed by atoms with Crippen LogP contribution in [0.4, 0.5) is 0 Å². The van der Waals surface area contributed by atoms with Crippen molar-refractivity contribution in [2.24, 2.45) is 0 Å². The summed E-state index contributed by atoms with van der Waals surface area (Å²) in [5.41, 5.74) is 3.58. The molecule has 0 fully saturated rings. The molecule has 0 unspecified atom stereocenters. The molecule has 0 saturated carbocycles. The lowest BCUT2D eigenvalue weighted by Gasteiger charge is -2.36. The predicted octanol–water partition coefficient (Wildman–Crippen LogP) is 2.43. The molecule has 25 heavy (non-hydrogen) atoms. The van der Waals surface area contributed by atoms with Crippen molar-refractivity contribution < 1.29 is 4.79 Å². The maximum Gasteiger partial charge on any atom is 0.254 e. The van der Waals surface area contributed by atoms with Crippen LogP contribution in [0.25, 0.3) is 0 Å². The van der Waals surface area contributed by atoms with Crippen LogP contribution in [0.5, 0.6) is 0 Å². The van der Waals surface area contributed by atoms with E-state index in [-0.39, 0.29) is 11.9 Å². The van der Waals surface area contributed by atoms with Crippen molar-refractivity contribution in [2.45, 2.75) is 40.3 Å². The Kier molecular flexibility index (Phi) is 5.18. The molecular weight excluding hydrogens is 314 g/mol. The van der Waals surface area contributed by atoms with E-state index < -0.39 is 0 Å². The van der Waals surface area contributed by atoms with Gasteiger partial charge in [-0.3, -0.25) is 14.5 Å². The first-order chi connectivity index (χ1) is 12.0. The zero-order valence-electron chi connectivity index (χ0n) is 15.6. The number of likely N-dealkylation sites (N-methyl/N-ethyl adjacent to an activating group) is 1. The van der Waals surface area contributed by atoms with Gasteiger partial charge in [-0.2, -0.15) is 5.10 Å². The van der Waals surface area contributed by atoms with Gasteiger partial charge in [0.15, 0.2) is 0 Å². The molecule has 6 nitrogen and oxygen atoms in total. The minimum atomic E-state index is 0.0746. The van der Waals surface area contributed by atoms with Crippen LogP contribution in [0.1, 0.15) is 47.3 Å². The van der Waals surface area contributed by atoms with Gasteiger partial charge in [0, 0.05) is 36.2 Å². The number of fused-ring (bicyclic) bond motifs is 1. The molecule has 0 spiro atoms. The smallest absolute Gasteiger partial charge is 0.254 e. The summed E-state index contributed by atoms with van der Waals surface area (Å²) in [7, 11) is 0. The molecule has 0 radical (unpaired) electrons. The maximum atomic E-state index is 13.1. The number of aryl methyl sites for hydroxylation is 2. The third kappa shape index (κ3) is 3.74. The lowest BCUT2D eigenvalue weighted by molar-refractivity contribution is 0.0642. The molecule has 0 bridgehead atoms. The number of carbonyl (C=O) groups is 1. The summed E-state index contributed by atoms with van der Waals surface area (Å²) in [6.45, 7) is 12.4. The summed E-state index contributed by atoms with van der Waals surface area (Å²) in [6, 6.07) is 5.95. The van der Waals surface area contributed by atoms with Crippen molar-refractivity contribution in [3.05, 3.63) is 47.0 Å². The molecule has 1 amide bonds. The van der Waals surface area contributed by atoms with Crippen LogP contribution < -0.4 is 0 Å². The van der Waals surface area contributed by atoms with E-state index in [1.54, 1.807) is 0 Å². The largest absolute Gasteiger partial charge is 0.331 e. The Balaban J connectivity index is 1.85. The average molecular weight is 341 g/mol. The van der Waals surface area contributed by atoms with Gasteiger partial charge in [0.05, 0.1) is 18.3 Å². The van der Waals surface area contributed by atoms with Gasteiger partial charge in [0.1, 0.15) is 0 Å². The summed E-state index contributed by atoms with van der Waals surface area (Å²) in [5.74, 6) is 0.0746. The van der Waals surface area contributed by atoms with Crippen molar-refractivity contribution >= 4 is 5.91 Å². The number of carbonyl (C=O) groups excluding carboxylic acids is 1. The van der Waals surface area contributed by atoms with Crippen LogP contribution in [0, 0.1) is 13.8 Å². The SMILES string of the molecule is CCN(CC)C[C@@H]1CN(C(=O)c2cc(C)nc(C)c2)Cc2ccnn21. The second-order valence-electron chi connectivity index (χ2n) is 6.73. The fourth-order valence-electron chi connectivity index (χ4n) is 3.60. The van der Waals surface area contributed by atoms with Gasteiger partial charge in [-0.25, -0.2) is 0 Å². The minimum absolute atomic E-state index is 0.0746. The van der Waals surface area contributed by atoms with Gasteiger partial charge in [0.2, 0.25) is 0 Å². The number of nitrogens with zero attached hydrogens (tertiary/aromatic N) is 5. The molecule has 0 aliphatic carbocycles. The fourth-order valence-corrected chi connectivity index (χ4v) is 3.60. The Bertz CT molecular complexity index is 730. The average Bonchev–Trinajstić information content (AvgIpc) is 3.06. The highest BCUT2D eigenvalue weighted by Gasteiger charge is 2.30. The molecule has 0 N–H and O–H groups in total. The van der Waals surface area contributed by atoms with Crippen LogP contribution in [0.3, 0.4) is 0 Å². The number of amides is 1. The first-order valence-electron chi connectivity index (χ1n) is 9.01. The number of pyridine rings is 1. The van der Waals surface area contributed by atoms with Crippen molar-refractivity contribution in [3.63, 3.8) is 0 Å². The second-order valence-corrected chi connectivity index (χ2v) is 6.73. The van der Waals surface area contributed by atoms with Crippen LogP contribution in [0.15, 0.2) is 24.4 Å². The molecule has 0 aromatic carbocycles. The van der Waals surface area contributed by atoms with Crippen molar-refractivity contribution in [1.82, 2.24) is 24.6 Å². The van der Waals surface area contributed by atoms with Crippen LogP contribution >= 0.6 is 0 Å². The third-order valence-electron chi connectivity index (χ3n) is 4.86. The van der Waals surface area contributed by atoms with E-state index in [4.69, 9.17) is 0 Å². The van der Waals surface area contributed by atoms with Gasteiger partial charge in [-0.05, 0) is 45.1 Å². The Morgan fingerprint density at radius 1 is 1.24 bits per heavy atom. The molecule has 2 aromatic heterocycles. The third-order valence-corrected chi connectivity index (χ3v) is 4.86. The standard InChI is InChI=1S/C19H27N5O/c1-5-22(6-2)11-18-13-23(12-17-7-8-20-24(17)18)19(25)16-9-14(3)21-15(4)10-16/h7-10,18H,5-6,11-13H2,1-4H3/t18-/m1/s1. The van der Waals surface area contributed by atoms with Crippen LogP contribution in [-0.2, 0) is 6.54 Å². The topological polar surface area (TPSA) is 54.3 Å². The van der Waals surface area contributed by atoms with E-state index in [2.05, 4.69) is 33.5 Å². The summed E-state index contributed by atoms with van der Waals surface area (Å²) in [4.78, 5) is 21.8. The van der Waals surface area contributed by atoms with E-state index >= 15 is 0 Å². The van der Waals surface area contributed by atoms with Gasteiger partial charge in [-0.15, -0.1) is 0 Å². The van der Waals surface area contributed by atoms with Crippen molar-refractivity contribution in [2.75, 3.05) is 26.2 Å². The molecule has 6 heteroatoms. The monoisotopic (exact) mass is 341 g/mol. The van der Waals surface area contributed by atoms with Gasteiger partial charge in [-0.1, -0.05) is 13.8 Å². The number of aromatic nitrogens is 3. The van der Waals surface area contributed by atoms with E-state index in [1.165, 1.54) is 0 Å². The lowest BCUT2D eigenvalue weighted by Crippen LogP contribution is -2.45. The first-order valence-corrected chi connectivity index (χ1v) is 9.01. The molecule has 1 aliphatic heterocycles. The summed E-state index contributed by atoms with van der Waals surface area (Å²) >= 11 is 0. The van der Waals surface area contributed by atoms with Crippen LogP contribution in [0.2, 0.25) is 0 Å². The van der Waals surface area contributed by atoms with Gasteiger partial charge < -0.3 is 9.80 Å². The molecule has 3 heterocycles. The van der Waals surface area contributed by atoms with Crippen molar-refractivity contribution in [3.8, 4) is 0 Å². The lowest BCUT2D eigenvalue weighted by atomic mass is 10.1. The number of rotatable bonds is 5. The number of hydrogen-bond donors (Lipinski definition) is 0. The Morgan fingerprint density at radius 2 is 1.92 bits per heavy atom. The highest BCUT2D eigenvalue weighted by atomic mass is 16.2. The maximum absolute atomic E-state index is 13.1. The summed E-state index contributed by atoms with van der Waals surface area (Å²) < 4.78 is 2.09. The molecule has 134 valence electrons. The fraction of sp³-hybridized carbons (Fsp3) is 0.526. The van der Waals surface area contributed by atoms with Gasteiger partial charge in [0.25, 0.3) is 5.91 Å². The second kappa shape index (κ2) is 7.35. The Morgan fingerprint density at radius 3 is 2.56 bits per heavy atom. The molecule has 3 rings (SSSR count). The zero-order chi connectivity index (χ0) is 18.0. The van der Waals surface area contributed by atoms with E-state index in [0.29, 0.717) is 13.1 Å². The predicted molar refractivity (Wildman–Crippen MR) is 97.5 cm³/mol. The van der Waals surface area contributed by atoms with E-state index in [0.717, 1.165) is 42.3 Å². The first kappa shape index (κ1) is 17.6. The quantitative estimate of drug-likeness (QED) is 0.838. The summed E-state index contributed by atoms with van der Waals surface area (Å²) in [5, 5.41) is 4.50. The Labute approximate surface area is 149 Å². The van der Waals surface area contributed by atoms with E-state index in [1.807, 2.05) is 43.1 Å². The van der Waals surface area contributed by atoms with E-state index in [9.17, 15) is 4.79 Å².